The van der Waals surface area contributed by atoms with E-state index in [-0.39, 0.29) is 6.04 Å². The van der Waals surface area contributed by atoms with E-state index in [1.165, 1.54) is 0 Å². The lowest BCUT2D eigenvalue weighted by Crippen LogP contribution is -2.34. The fourth-order valence-electron chi connectivity index (χ4n) is 1.60. The highest BCUT2D eigenvalue weighted by Gasteiger charge is 2.18. The van der Waals surface area contributed by atoms with Gasteiger partial charge in [-0.25, -0.2) is 4.98 Å². The molecule has 1 saturated heterocycles. The van der Waals surface area contributed by atoms with Gasteiger partial charge in [-0.05, 0) is 6.07 Å². The second-order valence-corrected chi connectivity index (χ2v) is 3.18. The van der Waals surface area contributed by atoms with Gasteiger partial charge in [-0.1, -0.05) is 6.07 Å². The monoisotopic (exact) mass is 194 g/mol. The SMILES string of the molecule is COc1ncccc1[C@H]1COCCN1. The second kappa shape index (κ2) is 4.39. The van der Waals surface area contributed by atoms with Crippen molar-refractivity contribution in [1.82, 2.24) is 10.3 Å². The molecule has 2 rings (SSSR count). The Balaban J connectivity index is 2.20. The Labute approximate surface area is 83.2 Å². The Morgan fingerprint density at radius 1 is 1.64 bits per heavy atom. The molecule has 0 amide bonds. The van der Waals surface area contributed by atoms with Crippen molar-refractivity contribution in [2.24, 2.45) is 0 Å². The Morgan fingerprint density at radius 2 is 2.57 bits per heavy atom. The molecule has 0 unspecified atom stereocenters. The maximum atomic E-state index is 5.39. The Kier molecular flexibility index (Phi) is 2.96. The van der Waals surface area contributed by atoms with E-state index >= 15 is 0 Å². The molecule has 4 heteroatoms. The fourth-order valence-corrected chi connectivity index (χ4v) is 1.60. The van der Waals surface area contributed by atoms with Crippen LogP contribution >= 0.6 is 0 Å². The molecule has 1 N–H and O–H groups in total. The van der Waals surface area contributed by atoms with Crippen LogP contribution in [0.2, 0.25) is 0 Å². The van der Waals surface area contributed by atoms with Crippen LogP contribution in [0.1, 0.15) is 11.6 Å². The third-order valence-corrected chi connectivity index (χ3v) is 2.29. The summed E-state index contributed by atoms with van der Waals surface area (Å²) in [6, 6.07) is 4.12. The van der Waals surface area contributed by atoms with Crippen molar-refractivity contribution in [3.63, 3.8) is 0 Å². The van der Waals surface area contributed by atoms with E-state index < -0.39 is 0 Å². The van der Waals surface area contributed by atoms with Crippen molar-refractivity contribution >= 4 is 0 Å². The molecule has 2 heterocycles. The molecule has 14 heavy (non-hydrogen) atoms. The molecule has 0 aromatic carbocycles. The average molecular weight is 194 g/mol. The summed E-state index contributed by atoms with van der Waals surface area (Å²) in [5.74, 6) is 0.676. The van der Waals surface area contributed by atoms with Gasteiger partial charge in [-0.15, -0.1) is 0 Å². The van der Waals surface area contributed by atoms with Crippen molar-refractivity contribution in [1.29, 1.82) is 0 Å². The maximum absolute atomic E-state index is 5.39. The average Bonchev–Trinajstić information content (AvgIpc) is 2.30. The Hall–Kier alpha value is -1.13. The summed E-state index contributed by atoms with van der Waals surface area (Å²) in [6.45, 7) is 2.34. The molecule has 0 aliphatic carbocycles. The van der Waals surface area contributed by atoms with Crippen molar-refractivity contribution < 1.29 is 9.47 Å². The zero-order valence-electron chi connectivity index (χ0n) is 8.19. The van der Waals surface area contributed by atoms with E-state index in [1.54, 1.807) is 13.3 Å². The summed E-state index contributed by atoms with van der Waals surface area (Å²) in [5.41, 5.74) is 1.06. The predicted octanol–water partition coefficient (Wildman–Crippen LogP) is 0.751. The van der Waals surface area contributed by atoms with Crippen LogP contribution in [0.25, 0.3) is 0 Å². The molecule has 76 valence electrons. The summed E-state index contributed by atoms with van der Waals surface area (Å²) < 4.78 is 10.6. The van der Waals surface area contributed by atoms with Gasteiger partial charge in [0.05, 0.1) is 26.4 Å². The lowest BCUT2D eigenvalue weighted by Gasteiger charge is -2.24. The number of rotatable bonds is 2. The first kappa shape index (κ1) is 9.43. The summed E-state index contributed by atoms with van der Waals surface area (Å²) in [4.78, 5) is 4.15. The molecule has 0 radical (unpaired) electrons. The van der Waals surface area contributed by atoms with Gasteiger partial charge in [-0.3, -0.25) is 0 Å². The van der Waals surface area contributed by atoms with E-state index in [1.807, 2.05) is 12.1 Å². The molecule has 1 aliphatic rings. The van der Waals surface area contributed by atoms with E-state index in [4.69, 9.17) is 9.47 Å². The highest BCUT2D eigenvalue weighted by atomic mass is 16.5. The number of nitrogens with one attached hydrogen (secondary N) is 1. The van der Waals surface area contributed by atoms with Gasteiger partial charge < -0.3 is 14.8 Å². The minimum atomic E-state index is 0.201. The summed E-state index contributed by atoms with van der Waals surface area (Å²) in [7, 11) is 1.63. The molecule has 1 fully saturated rings. The van der Waals surface area contributed by atoms with Gasteiger partial charge >= 0.3 is 0 Å². The minimum Gasteiger partial charge on any atom is -0.481 e. The molecule has 0 saturated carbocycles. The van der Waals surface area contributed by atoms with Crippen LogP contribution in [-0.4, -0.2) is 31.9 Å². The van der Waals surface area contributed by atoms with Gasteiger partial charge in [0.1, 0.15) is 0 Å². The van der Waals surface area contributed by atoms with Gasteiger partial charge in [0.15, 0.2) is 0 Å². The van der Waals surface area contributed by atoms with Crippen LogP contribution < -0.4 is 10.1 Å². The number of aromatic nitrogens is 1. The van der Waals surface area contributed by atoms with E-state index in [0.29, 0.717) is 12.5 Å². The number of pyridine rings is 1. The van der Waals surface area contributed by atoms with E-state index in [0.717, 1.165) is 18.7 Å². The number of hydrogen-bond acceptors (Lipinski definition) is 4. The Bertz CT molecular complexity index is 298. The molecule has 1 aromatic rings. The van der Waals surface area contributed by atoms with Gasteiger partial charge in [0.2, 0.25) is 5.88 Å². The molecule has 1 aliphatic heterocycles. The largest absolute Gasteiger partial charge is 0.481 e. The van der Waals surface area contributed by atoms with Crippen LogP contribution in [-0.2, 0) is 4.74 Å². The number of morpholine rings is 1. The number of nitrogens with zero attached hydrogens (tertiary/aromatic N) is 1. The molecular formula is C10H14N2O2. The first-order chi connectivity index (χ1) is 6.92. The highest BCUT2D eigenvalue weighted by Crippen LogP contribution is 2.23. The molecule has 0 bridgehead atoms. The quantitative estimate of drug-likeness (QED) is 0.754. The fraction of sp³-hybridized carbons (Fsp3) is 0.500. The highest BCUT2D eigenvalue weighted by molar-refractivity contribution is 5.29. The smallest absolute Gasteiger partial charge is 0.217 e. The van der Waals surface area contributed by atoms with Gasteiger partial charge in [0, 0.05) is 18.3 Å². The molecule has 1 aromatic heterocycles. The Morgan fingerprint density at radius 3 is 3.29 bits per heavy atom. The van der Waals surface area contributed by atoms with Gasteiger partial charge in [0.25, 0.3) is 0 Å². The first-order valence-electron chi connectivity index (χ1n) is 4.72. The molecular weight excluding hydrogens is 180 g/mol. The first-order valence-corrected chi connectivity index (χ1v) is 4.72. The minimum absolute atomic E-state index is 0.201. The van der Waals surface area contributed by atoms with E-state index in [2.05, 4.69) is 10.3 Å². The molecule has 1 atom stereocenters. The van der Waals surface area contributed by atoms with Crippen LogP contribution in [0.5, 0.6) is 5.88 Å². The van der Waals surface area contributed by atoms with Crippen LogP contribution in [0.15, 0.2) is 18.3 Å². The van der Waals surface area contributed by atoms with Crippen LogP contribution in [0.4, 0.5) is 0 Å². The normalized spacial score (nSPS) is 21.9. The lowest BCUT2D eigenvalue weighted by molar-refractivity contribution is 0.0758. The van der Waals surface area contributed by atoms with Crippen LogP contribution in [0, 0.1) is 0 Å². The number of hydrogen-bond donors (Lipinski definition) is 1. The van der Waals surface area contributed by atoms with Crippen molar-refractivity contribution in [3.05, 3.63) is 23.9 Å². The molecule has 4 nitrogen and oxygen atoms in total. The topological polar surface area (TPSA) is 43.4 Å². The van der Waals surface area contributed by atoms with Gasteiger partial charge in [-0.2, -0.15) is 0 Å². The summed E-state index contributed by atoms with van der Waals surface area (Å²) in [6.07, 6.45) is 1.73. The summed E-state index contributed by atoms with van der Waals surface area (Å²) >= 11 is 0. The second-order valence-electron chi connectivity index (χ2n) is 3.18. The number of methoxy groups -OCH3 is 1. The molecule has 0 spiro atoms. The third kappa shape index (κ3) is 1.86. The third-order valence-electron chi connectivity index (χ3n) is 2.29. The zero-order chi connectivity index (χ0) is 9.80. The summed E-state index contributed by atoms with van der Waals surface area (Å²) in [5, 5.41) is 3.37. The van der Waals surface area contributed by atoms with Crippen molar-refractivity contribution in [3.8, 4) is 5.88 Å². The standard InChI is InChI=1S/C10H14N2O2/c1-13-10-8(3-2-4-12-10)9-7-14-6-5-11-9/h2-4,9,11H,5-7H2,1H3/t9-/m1/s1. The van der Waals surface area contributed by atoms with Crippen molar-refractivity contribution in [2.75, 3.05) is 26.9 Å². The maximum Gasteiger partial charge on any atom is 0.217 e. The lowest BCUT2D eigenvalue weighted by atomic mass is 10.1. The van der Waals surface area contributed by atoms with Crippen molar-refractivity contribution in [2.45, 2.75) is 6.04 Å². The zero-order valence-corrected chi connectivity index (χ0v) is 8.19. The van der Waals surface area contributed by atoms with Crippen LogP contribution in [0.3, 0.4) is 0 Å². The number of ether oxygens (including phenoxy) is 2. The van der Waals surface area contributed by atoms with E-state index in [9.17, 15) is 0 Å². The predicted molar refractivity (Wildman–Crippen MR) is 52.4 cm³/mol.